The van der Waals surface area contributed by atoms with Gasteiger partial charge in [0.05, 0.1) is 14.2 Å². The van der Waals surface area contributed by atoms with Crippen molar-refractivity contribution in [2.45, 2.75) is 4.90 Å². The molecule has 0 amide bonds. The SMILES string of the molecule is COc1ccccc1S(=O)(=O)Nc1noc2cc(Br)cc(OC)c12. The minimum atomic E-state index is -3.92. The normalized spacial score (nSPS) is 11.5. The molecule has 0 aliphatic rings. The van der Waals surface area contributed by atoms with E-state index >= 15 is 0 Å². The van der Waals surface area contributed by atoms with Gasteiger partial charge in [0.1, 0.15) is 21.8 Å². The van der Waals surface area contributed by atoms with Gasteiger partial charge in [-0.3, -0.25) is 4.72 Å². The quantitative estimate of drug-likeness (QED) is 0.690. The number of hydrogen-bond acceptors (Lipinski definition) is 6. The summed E-state index contributed by atoms with van der Waals surface area (Å²) in [5.74, 6) is 0.700. The lowest BCUT2D eigenvalue weighted by molar-refractivity contribution is 0.403. The van der Waals surface area contributed by atoms with Gasteiger partial charge in [-0.1, -0.05) is 33.2 Å². The number of rotatable bonds is 5. The van der Waals surface area contributed by atoms with Crippen LogP contribution < -0.4 is 14.2 Å². The largest absolute Gasteiger partial charge is 0.496 e. The molecule has 0 saturated carbocycles. The highest BCUT2D eigenvalue weighted by Gasteiger charge is 2.23. The number of halogens is 1. The Hall–Kier alpha value is -2.26. The van der Waals surface area contributed by atoms with Crippen LogP contribution in [0.2, 0.25) is 0 Å². The van der Waals surface area contributed by atoms with E-state index in [4.69, 9.17) is 14.0 Å². The molecule has 2 aromatic carbocycles. The lowest BCUT2D eigenvalue weighted by Crippen LogP contribution is -2.14. The second kappa shape index (κ2) is 6.33. The fourth-order valence-electron chi connectivity index (χ4n) is 2.26. The summed E-state index contributed by atoms with van der Waals surface area (Å²) in [4.78, 5) is -0.000251. The van der Waals surface area contributed by atoms with Gasteiger partial charge < -0.3 is 14.0 Å². The van der Waals surface area contributed by atoms with Crippen LogP contribution in [0.4, 0.5) is 5.82 Å². The van der Waals surface area contributed by atoms with Gasteiger partial charge in [-0.05, 0) is 24.3 Å². The van der Waals surface area contributed by atoms with Crippen molar-refractivity contribution in [3.63, 3.8) is 0 Å². The Bertz CT molecular complexity index is 1000. The van der Waals surface area contributed by atoms with Crippen molar-refractivity contribution in [3.05, 3.63) is 40.9 Å². The van der Waals surface area contributed by atoms with E-state index in [2.05, 4.69) is 25.8 Å². The molecule has 1 heterocycles. The van der Waals surface area contributed by atoms with E-state index < -0.39 is 10.0 Å². The second-order valence-electron chi connectivity index (χ2n) is 4.77. The van der Waals surface area contributed by atoms with Gasteiger partial charge >= 0.3 is 0 Å². The van der Waals surface area contributed by atoms with Crippen LogP contribution in [0.25, 0.3) is 11.0 Å². The second-order valence-corrected chi connectivity index (χ2v) is 7.34. The zero-order valence-electron chi connectivity index (χ0n) is 12.7. The Morgan fingerprint density at radius 2 is 1.83 bits per heavy atom. The number of nitrogens with zero attached hydrogens (tertiary/aromatic N) is 1. The van der Waals surface area contributed by atoms with Crippen LogP contribution in [0.5, 0.6) is 11.5 Å². The fraction of sp³-hybridized carbons (Fsp3) is 0.133. The van der Waals surface area contributed by atoms with Gasteiger partial charge in [-0.15, -0.1) is 0 Å². The number of methoxy groups -OCH3 is 2. The van der Waals surface area contributed by atoms with Gasteiger partial charge in [0.25, 0.3) is 10.0 Å². The summed E-state index contributed by atoms with van der Waals surface area (Å²) in [6.45, 7) is 0. The third-order valence-corrected chi connectivity index (χ3v) is 5.15. The van der Waals surface area contributed by atoms with Crippen LogP contribution in [-0.4, -0.2) is 27.8 Å². The number of nitrogens with one attached hydrogen (secondary N) is 1. The van der Waals surface area contributed by atoms with Crippen molar-refractivity contribution in [1.82, 2.24) is 5.16 Å². The Labute approximate surface area is 146 Å². The molecule has 3 rings (SSSR count). The number of hydrogen-bond donors (Lipinski definition) is 1. The monoisotopic (exact) mass is 412 g/mol. The van der Waals surface area contributed by atoms with Crippen LogP contribution in [-0.2, 0) is 10.0 Å². The van der Waals surface area contributed by atoms with E-state index in [1.54, 1.807) is 30.3 Å². The van der Waals surface area contributed by atoms with Crippen LogP contribution in [0.15, 0.2) is 50.3 Å². The maximum Gasteiger partial charge on any atom is 0.266 e. The average molecular weight is 413 g/mol. The molecule has 1 aromatic heterocycles. The Balaban J connectivity index is 2.10. The first-order chi connectivity index (χ1) is 11.5. The number of sulfonamides is 1. The first kappa shape index (κ1) is 16.6. The molecular formula is C15H13BrN2O5S. The lowest BCUT2D eigenvalue weighted by Gasteiger charge is -2.10. The van der Waals surface area contributed by atoms with Crippen molar-refractivity contribution in [2.24, 2.45) is 0 Å². The minimum Gasteiger partial charge on any atom is -0.496 e. The van der Waals surface area contributed by atoms with Crippen molar-refractivity contribution < 1.29 is 22.4 Å². The molecule has 0 bridgehead atoms. The van der Waals surface area contributed by atoms with Gasteiger partial charge in [0.2, 0.25) is 0 Å². The van der Waals surface area contributed by atoms with Gasteiger partial charge in [-0.2, -0.15) is 0 Å². The standard InChI is InChI=1S/C15H13BrN2O5S/c1-21-10-5-3-4-6-13(10)24(19,20)18-15-14-11(22-2)7-9(16)8-12(14)23-17-15/h3-8H,1-2H3,(H,17,18). The van der Waals surface area contributed by atoms with Crippen LogP contribution in [0.1, 0.15) is 0 Å². The molecule has 0 aliphatic heterocycles. The maximum atomic E-state index is 12.7. The molecule has 24 heavy (non-hydrogen) atoms. The molecule has 9 heteroatoms. The molecule has 7 nitrogen and oxygen atoms in total. The van der Waals surface area contributed by atoms with Gasteiger partial charge in [0.15, 0.2) is 11.4 Å². The summed E-state index contributed by atoms with van der Waals surface area (Å²) in [5.41, 5.74) is 0.388. The summed E-state index contributed by atoms with van der Waals surface area (Å²) in [7, 11) is -1.04. The summed E-state index contributed by atoms with van der Waals surface area (Å²) in [6.07, 6.45) is 0. The van der Waals surface area contributed by atoms with Gasteiger partial charge in [-0.25, -0.2) is 8.42 Å². The Kier molecular flexibility index (Phi) is 4.37. The Morgan fingerprint density at radius 3 is 2.54 bits per heavy atom. The number of aromatic nitrogens is 1. The van der Waals surface area contributed by atoms with Crippen LogP contribution >= 0.6 is 15.9 Å². The van der Waals surface area contributed by atoms with Crippen molar-refractivity contribution in [1.29, 1.82) is 0 Å². The van der Waals surface area contributed by atoms with E-state index in [0.29, 0.717) is 16.7 Å². The molecule has 1 N–H and O–H groups in total. The molecule has 0 unspecified atom stereocenters. The summed E-state index contributed by atoms with van der Waals surface area (Å²) < 4.78 is 44.1. The molecule has 0 fully saturated rings. The van der Waals surface area contributed by atoms with Crippen LogP contribution in [0.3, 0.4) is 0 Å². The number of fused-ring (bicyclic) bond motifs is 1. The highest BCUT2D eigenvalue weighted by Crippen LogP contribution is 2.36. The van der Waals surface area contributed by atoms with E-state index in [-0.39, 0.29) is 16.5 Å². The molecule has 0 spiro atoms. The zero-order chi connectivity index (χ0) is 17.3. The first-order valence-corrected chi connectivity index (χ1v) is 9.02. The lowest BCUT2D eigenvalue weighted by atomic mass is 10.2. The molecule has 0 atom stereocenters. The number of benzene rings is 2. The van der Waals surface area contributed by atoms with Crippen molar-refractivity contribution >= 4 is 42.7 Å². The number of anilines is 1. The van der Waals surface area contributed by atoms with Crippen molar-refractivity contribution in [2.75, 3.05) is 18.9 Å². The summed E-state index contributed by atoms with van der Waals surface area (Å²) >= 11 is 3.33. The number of ether oxygens (including phenoxy) is 2. The predicted octanol–water partition coefficient (Wildman–Crippen LogP) is 3.41. The van der Waals surface area contributed by atoms with E-state index in [1.165, 1.54) is 20.3 Å². The molecule has 0 saturated heterocycles. The predicted molar refractivity (Wildman–Crippen MR) is 92.1 cm³/mol. The highest BCUT2D eigenvalue weighted by molar-refractivity contribution is 9.10. The third-order valence-electron chi connectivity index (χ3n) is 3.31. The third kappa shape index (κ3) is 2.92. The molecule has 126 valence electrons. The number of para-hydroxylation sites is 1. The molecule has 0 aliphatic carbocycles. The van der Waals surface area contributed by atoms with Gasteiger partial charge in [0, 0.05) is 4.47 Å². The summed E-state index contributed by atoms with van der Waals surface area (Å²) in [6, 6.07) is 9.66. The zero-order valence-corrected chi connectivity index (χ0v) is 15.1. The Morgan fingerprint density at radius 1 is 1.12 bits per heavy atom. The minimum absolute atomic E-state index is 0.000251. The van der Waals surface area contributed by atoms with Crippen LogP contribution in [0, 0.1) is 0 Å². The smallest absolute Gasteiger partial charge is 0.266 e. The maximum absolute atomic E-state index is 12.7. The molecular weight excluding hydrogens is 400 g/mol. The first-order valence-electron chi connectivity index (χ1n) is 6.75. The fourth-order valence-corrected chi connectivity index (χ4v) is 3.85. The van der Waals surface area contributed by atoms with Crippen molar-refractivity contribution in [3.8, 4) is 11.5 Å². The average Bonchev–Trinajstić information content (AvgIpc) is 2.96. The highest BCUT2D eigenvalue weighted by atomic mass is 79.9. The molecule has 0 radical (unpaired) electrons. The topological polar surface area (TPSA) is 90.7 Å². The van der Waals surface area contributed by atoms with E-state index in [1.807, 2.05) is 0 Å². The van der Waals surface area contributed by atoms with E-state index in [9.17, 15) is 8.42 Å². The van der Waals surface area contributed by atoms with E-state index in [0.717, 1.165) is 4.47 Å². The molecule has 3 aromatic rings. The summed E-state index contributed by atoms with van der Waals surface area (Å²) in [5, 5.41) is 4.23.